The van der Waals surface area contributed by atoms with E-state index in [1.54, 1.807) is 19.1 Å². The number of aliphatic hydroxyl groups excluding tert-OH is 1. The predicted octanol–water partition coefficient (Wildman–Crippen LogP) is -1.03. The van der Waals surface area contributed by atoms with Gasteiger partial charge in [0.2, 0.25) is 17.7 Å². The second-order valence-electron chi connectivity index (χ2n) is 8.78. The molecule has 3 amide bonds. The van der Waals surface area contributed by atoms with Crippen LogP contribution in [-0.4, -0.2) is 76.3 Å². The summed E-state index contributed by atoms with van der Waals surface area (Å²) >= 11 is 0. The summed E-state index contributed by atoms with van der Waals surface area (Å²) in [5.41, 5.74) is 11.6. The van der Waals surface area contributed by atoms with Crippen molar-refractivity contribution in [3.8, 4) is 5.75 Å². The molecule has 0 aliphatic carbocycles. The van der Waals surface area contributed by atoms with Crippen molar-refractivity contribution >= 4 is 23.7 Å². The number of benzene rings is 1. The van der Waals surface area contributed by atoms with Gasteiger partial charge in [-0.25, -0.2) is 4.79 Å². The minimum absolute atomic E-state index is 0.0156. The lowest BCUT2D eigenvalue weighted by molar-refractivity contribution is -0.143. The van der Waals surface area contributed by atoms with E-state index in [0.717, 1.165) is 0 Å². The lowest BCUT2D eigenvalue weighted by atomic mass is 9.96. The van der Waals surface area contributed by atoms with E-state index in [4.69, 9.17) is 11.5 Å². The molecule has 5 atom stereocenters. The van der Waals surface area contributed by atoms with Crippen molar-refractivity contribution in [2.45, 2.75) is 70.1 Å². The maximum atomic E-state index is 13.2. The highest BCUT2D eigenvalue weighted by atomic mass is 16.4. The Morgan fingerprint density at radius 2 is 1.56 bits per heavy atom. The largest absolute Gasteiger partial charge is 0.508 e. The van der Waals surface area contributed by atoms with Gasteiger partial charge in [-0.2, -0.15) is 0 Å². The van der Waals surface area contributed by atoms with Crippen LogP contribution < -0.4 is 27.4 Å². The number of carbonyl (C=O) groups excluding carboxylic acids is 3. The molecule has 202 valence electrons. The zero-order valence-corrected chi connectivity index (χ0v) is 20.8. The Morgan fingerprint density at radius 1 is 0.944 bits per heavy atom. The average molecular weight is 510 g/mol. The van der Waals surface area contributed by atoms with Crippen LogP contribution >= 0.6 is 0 Å². The molecule has 1 aromatic carbocycles. The first kappa shape index (κ1) is 30.8. The number of rotatable bonds is 16. The number of hydrogen-bond acceptors (Lipinski definition) is 8. The van der Waals surface area contributed by atoms with Gasteiger partial charge >= 0.3 is 5.97 Å². The van der Waals surface area contributed by atoms with Gasteiger partial charge < -0.3 is 42.7 Å². The Balaban J connectivity index is 3.09. The van der Waals surface area contributed by atoms with Crippen LogP contribution in [0.4, 0.5) is 0 Å². The Kier molecular flexibility index (Phi) is 13.4. The molecule has 0 heterocycles. The molecule has 0 fully saturated rings. The monoisotopic (exact) mass is 509 g/mol. The van der Waals surface area contributed by atoms with Crippen LogP contribution in [0.3, 0.4) is 0 Å². The van der Waals surface area contributed by atoms with Crippen LogP contribution in [0.25, 0.3) is 0 Å². The summed E-state index contributed by atoms with van der Waals surface area (Å²) in [7, 11) is 0. The van der Waals surface area contributed by atoms with Crippen LogP contribution in [0.5, 0.6) is 5.75 Å². The Morgan fingerprint density at radius 3 is 2.08 bits per heavy atom. The zero-order valence-electron chi connectivity index (χ0n) is 20.8. The highest BCUT2D eigenvalue weighted by molar-refractivity contribution is 5.94. The van der Waals surface area contributed by atoms with Crippen molar-refractivity contribution in [3.63, 3.8) is 0 Å². The Bertz CT molecular complexity index is 865. The van der Waals surface area contributed by atoms with Crippen LogP contribution in [0, 0.1) is 5.92 Å². The van der Waals surface area contributed by atoms with Gasteiger partial charge in [0, 0.05) is 6.42 Å². The highest BCUT2D eigenvalue weighted by Crippen LogP contribution is 2.14. The van der Waals surface area contributed by atoms with Crippen molar-refractivity contribution in [3.05, 3.63) is 29.8 Å². The summed E-state index contributed by atoms with van der Waals surface area (Å²) < 4.78 is 0. The standard InChI is InChI=1S/C24H39N5O7/c1-3-14(2)20(23(34)27-18(24(35)36)6-4-5-11-25)29-22(33)19(28-21(32)17(26)13-30)12-15-7-9-16(31)10-8-15/h7-10,14,17-20,30-31H,3-6,11-13,25-26H2,1-2H3,(H,27,34)(H,28,32)(H,29,33)(H,35,36). The fourth-order valence-corrected chi connectivity index (χ4v) is 3.41. The van der Waals surface area contributed by atoms with Gasteiger partial charge in [0.25, 0.3) is 0 Å². The molecule has 0 saturated heterocycles. The number of nitrogens with two attached hydrogens (primary N) is 2. The molecule has 12 heteroatoms. The number of carbonyl (C=O) groups is 4. The van der Waals surface area contributed by atoms with Crippen LogP contribution in [-0.2, 0) is 25.6 Å². The van der Waals surface area contributed by atoms with Gasteiger partial charge in [-0.3, -0.25) is 14.4 Å². The van der Waals surface area contributed by atoms with E-state index in [2.05, 4.69) is 16.0 Å². The first-order chi connectivity index (χ1) is 17.0. The van der Waals surface area contributed by atoms with Gasteiger partial charge in [0.1, 0.15) is 29.9 Å². The van der Waals surface area contributed by atoms with Gasteiger partial charge in [0.05, 0.1) is 6.61 Å². The third-order valence-electron chi connectivity index (χ3n) is 5.90. The molecule has 36 heavy (non-hydrogen) atoms. The summed E-state index contributed by atoms with van der Waals surface area (Å²) in [4.78, 5) is 50.2. The van der Waals surface area contributed by atoms with E-state index in [9.17, 15) is 34.5 Å². The fraction of sp³-hybridized carbons (Fsp3) is 0.583. The number of unbranched alkanes of at least 4 members (excludes halogenated alkanes) is 1. The summed E-state index contributed by atoms with van der Waals surface area (Å²) in [6.45, 7) is 3.34. The van der Waals surface area contributed by atoms with E-state index in [1.807, 2.05) is 6.92 Å². The van der Waals surface area contributed by atoms with Gasteiger partial charge in [-0.15, -0.1) is 0 Å². The minimum atomic E-state index is -1.25. The Labute approximate surface area is 210 Å². The SMILES string of the molecule is CCC(C)C(NC(=O)C(Cc1ccc(O)cc1)NC(=O)C(N)CO)C(=O)NC(CCCCN)C(=O)O. The maximum absolute atomic E-state index is 13.2. The molecule has 0 bridgehead atoms. The molecule has 0 aliphatic rings. The molecule has 5 unspecified atom stereocenters. The molecule has 0 aromatic heterocycles. The number of aromatic hydroxyl groups is 1. The number of phenolic OH excluding ortho intramolecular Hbond substituents is 1. The molecule has 1 aromatic rings. The van der Waals surface area contributed by atoms with E-state index in [0.29, 0.717) is 31.4 Å². The third-order valence-corrected chi connectivity index (χ3v) is 5.90. The normalized spacial score (nSPS) is 15.1. The van der Waals surface area contributed by atoms with Crippen molar-refractivity contribution in [1.82, 2.24) is 16.0 Å². The molecule has 10 N–H and O–H groups in total. The molecule has 1 rings (SSSR count). The first-order valence-corrected chi connectivity index (χ1v) is 12.0. The number of carboxylic acid groups (broad SMARTS) is 1. The summed E-state index contributed by atoms with van der Waals surface area (Å²) in [5, 5.41) is 35.8. The number of carboxylic acids is 1. The van der Waals surface area contributed by atoms with Gasteiger partial charge in [-0.1, -0.05) is 32.4 Å². The molecule has 0 aliphatic heterocycles. The highest BCUT2D eigenvalue weighted by Gasteiger charge is 2.32. The van der Waals surface area contributed by atoms with E-state index in [1.165, 1.54) is 12.1 Å². The van der Waals surface area contributed by atoms with Crippen LogP contribution in [0.2, 0.25) is 0 Å². The van der Waals surface area contributed by atoms with Crippen LogP contribution in [0.15, 0.2) is 24.3 Å². The molecular weight excluding hydrogens is 470 g/mol. The predicted molar refractivity (Wildman–Crippen MR) is 133 cm³/mol. The number of hydrogen-bond donors (Lipinski definition) is 8. The lowest BCUT2D eigenvalue weighted by Crippen LogP contribution is -2.59. The molecule has 0 saturated carbocycles. The second-order valence-corrected chi connectivity index (χ2v) is 8.78. The van der Waals surface area contributed by atoms with Crippen molar-refractivity contribution in [2.75, 3.05) is 13.2 Å². The number of amides is 3. The van der Waals surface area contributed by atoms with Gasteiger partial charge in [-0.05, 0) is 49.4 Å². The van der Waals surface area contributed by atoms with E-state index >= 15 is 0 Å². The number of aliphatic hydroxyl groups is 1. The fourth-order valence-electron chi connectivity index (χ4n) is 3.41. The summed E-state index contributed by atoms with van der Waals surface area (Å²) in [5.74, 6) is -3.61. The average Bonchev–Trinajstić information content (AvgIpc) is 2.86. The number of phenols is 1. The molecular formula is C24H39N5O7. The van der Waals surface area contributed by atoms with Crippen molar-refractivity contribution in [1.29, 1.82) is 0 Å². The maximum Gasteiger partial charge on any atom is 0.326 e. The van der Waals surface area contributed by atoms with Gasteiger partial charge in [0.15, 0.2) is 0 Å². The molecule has 0 radical (unpaired) electrons. The lowest BCUT2D eigenvalue weighted by Gasteiger charge is -2.28. The quantitative estimate of drug-likeness (QED) is 0.128. The van der Waals surface area contributed by atoms with Crippen molar-refractivity contribution < 1.29 is 34.5 Å². The topological polar surface area (TPSA) is 217 Å². The third kappa shape index (κ3) is 10.2. The number of aliphatic carboxylic acids is 1. The van der Waals surface area contributed by atoms with E-state index in [-0.39, 0.29) is 24.5 Å². The molecule has 0 spiro atoms. The zero-order chi connectivity index (χ0) is 27.3. The summed E-state index contributed by atoms with van der Waals surface area (Å²) in [6.07, 6.45) is 1.84. The first-order valence-electron chi connectivity index (χ1n) is 12.0. The minimum Gasteiger partial charge on any atom is -0.508 e. The Hall–Kier alpha value is -3.22. The summed E-state index contributed by atoms with van der Waals surface area (Å²) in [6, 6.07) is 1.40. The smallest absolute Gasteiger partial charge is 0.326 e. The second kappa shape index (κ2) is 15.7. The number of nitrogens with one attached hydrogen (secondary N) is 3. The van der Waals surface area contributed by atoms with E-state index < -0.39 is 54.5 Å². The molecule has 12 nitrogen and oxygen atoms in total. The van der Waals surface area contributed by atoms with Crippen molar-refractivity contribution in [2.24, 2.45) is 17.4 Å². The van der Waals surface area contributed by atoms with Crippen LogP contribution in [0.1, 0.15) is 45.1 Å².